The van der Waals surface area contributed by atoms with E-state index >= 15 is 0 Å². The molecule has 0 spiro atoms. The van der Waals surface area contributed by atoms with E-state index in [1.165, 1.54) is 36.4 Å². The molecule has 1 heterocycles. The van der Waals surface area contributed by atoms with Crippen molar-refractivity contribution in [2.45, 2.75) is 0 Å². The Balaban J connectivity index is 1.62. The standard InChI is InChI=1S/C21H11F3N2O3/c22-16-9-8-15(17(23)18(16)24)19(27)25-11-4-3-5-12(10-11)26-20(28)13-6-1-2-7-14(13)21(26)29/h1-10H,(H,25,27). The number of anilines is 2. The monoisotopic (exact) mass is 396 g/mol. The Morgan fingerprint density at radius 2 is 1.45 bits per heavy atom. The minimum atomic E-state index is -1.75. The number of imide groups is 1. The van der Waals surface area contributed by atoms with Crippen molar-refractivity contribution in [1.82, 2.24) is 0 Å². The van der Waals surface area contributed by atoms with Crippen molar-refractivity contribution < 1.29 is 27.6 Å². The molecule has 3 aromatic rings. The predicted octanol–water partition coefficient (Wildman–Crippen LogP) is 4.16. The molecule has 8 heteroatoms. The number of nitrogens with one attached hydrogen (secondary N) is 1. The largest absolute Gasteiger partial charge is 0.322 e. The van der Waals surface area contributed by atoms with E-state index in [0.717, 1.165) is 11.0 Å². The first kappa shape index (κ1) is 18.4. The van der Waals surface area contributed by atoms with Crippen molar-refractivity contribution >= 4 is 29.1 Å². The van der Waals surface area contributed by atoms with Gasteiger partial charge in [-0.25, -0.2) is 18.1 Å². The molecule has 144 valence electrons. The third-order valence-electron chi connectivity index (χ3n) is 4.44. The van der Waals surface area contributed by atoms with Gasteiger partial charge in [-0.15, -0.1) is 0 Å². The number of halogens is 3. The Kier molecular flexibility index (Phi) is 4.38. The Labute approximate surface area is 162 Å². The van der Waals surface area contributed by atoms with Crippen LogP contribution in [0.5, 0.6) is 0 Å². The molecular weight excluding hydrogens is 385 g/mol. The predicted molar refractivity (Wildman–Crippen MR) is 98.3 cm³/mol. The number of rotatable bonds is 3. The number of carbonyl (C=O) groups excluding carboxylic acids is 3. The van der Waals surface area contributed by atoms with Crippen molar-refractivity contribution in [2.24, 2.45) is 0 Å². The molecular formula is C21H11F3N2O3. The minimum absolute atomic E-state index is 0.133. The topological polar surface area (TPSA) is 66.5 Å². The molecule has 1 aliphatic rings. The van der Waals surface area contributed by atoms with Crippen LogP contribution < -0.4 is 10.2 Å². The van der Waals surface area contributed by atoms with Crippen LogP contribution in [0.4, 0.5) is 24.5 Å². The first-order valence-corrected chi connectivity index (χ1v) is 8.41. The summed E-state index contributed by atoms with van der Waals surface area (Å²) >= 11 is 0. The zero-order valence-electron chi connectivity index (χ0n) is 14.6. The highest BCUT2D eigenvalue weighted by Gasteiger charge is 2.36. The van der Waals surface area contributed by atoms with Crippen LogP contribution in [0.15, 0.2) is 60.7 Å². The van der Waals surface area contributed by atoms with Gasteiger partial charge in [0.2, 0.25) is 0 Å². The fraction of sp³-hybridized carbons (Fsp3) is 0. The van der Waals surface area contributed by atoms with Gasteiger partial charge in [0.25, 0.3) is 17.7 Å². The molecule has 3 aromatic carbocycles. The van der Waals surface area contributed by atoms with Gasteiger partial charge in [0.05, 0.1) is 22.4 Å². The number of amides is 3. The molecule has 0 fully saturated rings. The highest BCUT2D eigenvalue weighted by Crippen LogP contribution is 2.30. The zero-order chi connectivity index (χ0) is 20.7. The molecule has 0 radical (unpaired) electrons. The number of benzene rings is 3. The molecule has 3 amide bonds. The summed E-state index contributed by atoms with van der Waals surface area (Å²) < 4.78 is 40.2. The number of nitrogens with zero attached hydrogens (tertiary/aromatic N) is 1. The number of hydrogen-bond donors (Lipinski definition) is 1. The van der Waals surface area contributed by atoms with Gasteiger partial charge in [0, 0.05) is 5.69 Å². The molecule has 29 heavy (non-hydrogen) atoms. The second-order valence-electron chi connectivity index (χ2n) is 6.22. The summed E-state index contributed by atoms with van der Waals surface area (Å²) in [6.07, 6.45) is 0. The molecule has 0 saturated heterocycles. The first-order valence-electron chi connectivity index (χ1n) is 8.41. The zero-order valence-corrected chi connectivity index (χ0v) is 14.6. The summed E-state index contributed by atoms with van der Waals surface area (Å²) in [5.74, 6) is -6.81. The van der Waals surface area contributed by atoms with Gasteiger partial charge in [-0.3, -0.25) is 14.4 Å². The van der Waals surface area contributed by atoms with Crippen molar-refractivity contribution in [3.8, 4) is 0 Å². The van der Waals surface area contributed by atoms with Gasteiger partial charge in [0.1, 0.15) is 0 Å². The maximum Gasteiger partial charge on any atom is 0.266 e. The van der Waals surface area contributed by atoms with E-state index in [-0.39, 0.29) is 22.5 Å². The van der Waals surface area contributed by atoms with Crippen molar-refractivity contribution in [3.05, 3.63) is 94.8 Å². The summed E-state index contributed by atoms with van der Waals surface area (Å²) in [5, 5.41) is 2.34. The molecule has 4 rings (SSSR count). The van der Waals surface area contributed by atoms with E-state index in [4.69, 9.17) is 0 Å². The highest BCUT2D eigenvalue weighted by atomic mass is 19.2. The summed E-state index contributed by atoms with van der Waals surface area (Å²) in [4.78, 5) is 38.3. The fourth-order valence-electron chi connectivity index (χ4n) is 3.05. The third-order valence-corrected chi connectivity index (χ3v) is 4.44. The lowest BCUT2D eigenvalue weighted by Gasteiger charge is -2.15. The number of carbonyl (C=O) groups is 3. The van der Waals surface area contributed by atoms with Crippen LogP contribution in [0.3, 0.4) is 0 Å². The van der Waals surface area contributed by atoms with E-state index in [1.54, 1.807) is 12.1 Å². The molecule has 0 bridgehead atoms. The average molecular weight is 396 g/mol. The minimum Gasteiger partial charge on any atom is -0.322 e. The quantitative estimate of drug-likeness (QED) is 0.534. The lowest BCUT2D eigenvalue weighted by atomic mass is 10.1. The normalized spacial score (nSPS) is 12.9. The van der Waals surface area contributed by atoms with Gasteiger partial charge in [0.15, 0.2) is 17.5 Å². The Morgan fingerprint density at radius 3 is 2.10 bits per heavy atom. The van der Waals surface area contributed by atoms with Crippen molar-refractivity contribution in [1.29, 1.82) is 0 Å². The Bertz CT molecular complexity index is 1160. The summed E-state index contributed by atoms with van der Waals surface area (Å²) in [7, 11) is 0. The second kappa shape index (κ2) is 6.90. The van der Waals surface area contributed by atoms with Crippen LogP contribution in [-0.2, 0) is 0 Å². The Morgan fingerprint density at radius 1 is 0.793 bits per heavy atom. The lowest BCUT2D eigenvalue weighted by molar-refractivity contribution is 0.0925. The average Bonchev–Trinajstić information content (AvgIpc) is 2.97. The maximum absolute atomic E-state index is 13.8. The second-order valence-corrected chi connectivity index (χ2v) is 6.22. The molecule has 0 unspecified atom stereocenters. The Hall–Kier alpha value is -3.94. The van der Waals surface area contributed by atoms with Crippen LogP contribution >= 0.6 is 0 Å². The van der Waals surface area contributed by atoms with Crippen LogP contribution in [0.1, 0.15) is 31.1 Å². The molecule has 0 aromatic heterocycles. The van der Waals surface area contributed by atoms with Crippen LogP contribution in [0.2, 0.25) is 0 Å². The lowest BCUT2D eigenvalue weighted by Crippen LogP contribution is -2.29. The van der Waals surface area contributed by atoms with Crippen LogP contribution in [0.25, 0.3) is 0 Å². The summed E-state index contributed by atoms with van der Waals surface area (Å²) in [6.45, 7) is 0. The SMILES string of the molecule is O=C(Nc1cccc(N2C(=O)c3ccccc3C2=O)c1)c1ccc(F)c(F)c1F. The highest BCUT2D eigenvalue weighted by molar-refractivity contribution is 6.34. The van der Waals surface area contributed by atoms with Crippen molar-refractivity contribution in [3.63, 3.8) is 0 Å². The van der Waals surface area contributed by atoms with Crippen LogP contribution in [0, 0.1) is 17.5 Å². The molecule has 1 aliphatic heterocycles. The smallest absolute Gasteiger partial charge is 0.266 e. The summed E-state index contributed by atoms with van der Waals surface area (Å²) in [5.41, 5.74) is 0.162. The maximum atomic E-state index is 13.8. The van der Waals surface area contributed by atoms with E-state index in [2.05, 4.69) is 5.32 Å². The van der Waals surface area contributed by atoms with Gasteiger partial charge >= 0.3 is 0 Å². The van der Waals surface area contributed by atoms with E-state index in [0.29, 0.717) is 6.07 Å². The summed E-state index contributed by atoms with van der Waals surface area (Å²) in [6, 6.07) is 13.6. The number of hydrogen-bond acceptors (Lipinski definition) is 3. The van der Waals surface area contributed by atoms with Gasteiger partial charge in [-0.2, -0.15) is 0 Å². The van der Waals surface area contributed by atoms with Crippen LogP contribution in [-0.4, -0.2) is 17.7 Å². The van der Waals surface area contributed by atoms with Crippen molar-refractivity contribution in [2.75, 3.05) is 10.2 Å². The molecule has 1 N–H and O–H groups in total. The molecule has 0 saturated carbocycles. The molecule has 0 aliphatic carbocycles. The van der Waals surface area contributed by atoms with E-state index in [1.807, 2.05) is 0 Å². The van der Waals surface area contributed by atoms with Gasteiger partial charge in [-0.1, -0.05) is 18.2 Å². The van der Waals surface area contributed by atoms with E-state index in [9.17, 15) is 27.6 Å². The van der Waals surface area contributed by atoms with Gasteiger partial charge in [-0.05, 0) is 42.5 Å². The first-order chi connectivity index (χ1) is 13.9. The van der Waals surface area contributed by atoms with Gasteiger partial charge < -0.3 is 5.32 Å². The molecule has 0 atom stereocenters. The van der Waals surface area contributed by atoms with E-state index < -0.39 is 40.7 Å². The third kappa shape index (κ3) is 3.04. The number of fused-ring (bicyclic) bond motifs is 1. The fourth-order valence-corrected chi connectivity index (χ4v) is 3.05. The molecule has 5 nitrogen and oxygen atoms in total.